The highest BCUT2D eigenvalue weighted by atomic mass is 16.7. The van der Waals surface area contributed by atoms with Gasteiger partial charge in [0, 0.05) is 18.8 Å². The zero-order chi connectivity index (χ0) is 19.6. The van der Waals surface area contributed by atoms with Crippen molar-refractivity contribution >= 4 is 11.7 Å². The Kier molecular flexibility index (Phi) is 7.53. The van der Waals surface area contributed by atoms with Crippen LogP contribution in [0.5, 0.6) is 11.5 Å². The second kappa shape index (κ2) is 10.1. The van der Waals surface area contributed by atoms with Crippen LogP contribution in [0.4, 0.5) is 10.5 Å². The lowest BCUT2D eigenvalue weighted by Crippen LogP contribution is -2.30. The lowest BCUT2D eigenvalue weighted by atomic mass is 10.1. The van der Waals surface area contributed by atoms with Crippen molar-refractivity contribution in [1.29, 1.82) is 0 Å². The standard InChI is InChI=1S/C21H24N2O4/c1-16-10-11-20(14-17(16)2)27-13-6-5-12-26-19-9-7-8-18(15-19)22-21(24)23(3)25-4/h7-11,14-15H,12-13H2,1-4H3,(H,22,24). The maximum atomic E-state index is 11.8. The number of nitrogens with zero attached hydrogens (tertiary/aromatic N) is 1. The topological polar surface area (TPSA) is 60.0 Å². The van der Waals surface area contributed by atoms with Crippen molar-refractivity contribution < 1.29 is 19.1 Å². The molecule has 0 fully saturated rings. The maximum Gasteiger partial charge on any atom is 0.345 e. The number of benzene rings is 2. The molecule has 2 aromatic rings. The predicted molar refractivity (Wildman–Crippen MR) is 105 cm³/mol. The first-order chi connectivity index (χ1) is 13.0. The van der Waals surface area contributed by atoms with Crippen molar-refractivity contribution in [2.45, 2.75) is 13.8 Å². The number of aryl methyl sites for hydroxylation is 2. The Hall–Kier alpha value is -3.17. The van der Waals surface area contributed by atoms with E-state index in [0.29, 0.717) is 18.0 Å². The summed E-state index contributed by atoms with van der Waals surface area (Å²) in [6.45, 7) is 4.63. The van der Waals surface area contributed by atoms with Crippen molar-refractivity contribution in [3.8, 4) is 23.3 Å². The Morgan fingerprint density at radius 1 is 1.00 bits per heavy atom. The minimum absolute atomic E-state index is 0.228. The van der Waals surface area contributed by atoms with Gasteiger partial charge in [-0.3, -0.25) is 4.84 Å². The Balaban J connectivity index is 1.78. The summed E-state index contributed by atoms with van der Waals surface area (Å²) in [5, 5.41) is 3.79. The summed E-state index contributed by atoms with van der Waals surface area (Å²) < 4.78 is 11.2. The minimum atomic E-state index is -0.377. The molecule has 2 aromatic carbocycles. The van der Waals surface area contributed by atoms with Crippen LogP contribution in [-0.4, -0.2) is 38.5 Å². The molecule has 0 spiro atoms. The third-order valence-corrected chi connectivity index (χ3v) is 3.87. The summed E-state index contributed by atoms with van der Waals surface area (Å²) in [6, 6.07) is 12.6. The summed E-state index contributed by atoms with van der Waals surface area (Å²) in [7, 11) is 2.94. The lowest BCUT2D eigenvalue weighted by Gasteiger charge is -2.15. The summed E-state index contributed by atoms with van der Waals surface area (Å²) in [6.07, 6.45) is 0. The fourth-order valence-corrected chi connectivity index (χ4v) is 2.09. The van der Waals surface area contributed by atoms with E-state index < -0.39 is 0 Å². The van der Waals surface area contributed by atoms with Crippen molar-refractivity contribution in [3.63, 3.8) is 0 Å². The van der Waals surface area contributed by atoms with Gasteiger partial charge < -0.3 is 14.8 Å². The Morgan fingerprint density at radius 3 is 2.30 bits per heavy atom. The first-order valence-corrected chi connectivity index (χ1v) is 8.47. The summed E-state index contributed by atoms with van der Waals surface area (Å²) in [5.74, 6) is 7.23. The first-order valence-electron chi connectivity index (χ1n) is 8.47. The molecule has 2 rings (SSSR count). The van der Waals surface area contributed by atoms with E-state index in [1.165, 1.54) is 25.3 Å². The molecule has 6 nitrogen and oxygen atoms in total. The number of nitrogens with one attached hydrogen (secondary N) is 1. The molecule has 0 aliphatic rings. The number of hydrogen-bond acceptors (Lipinski definition) is 4. The van der Waals surface area contributed by atoms with Gasteiger partial charge in [0.05, 0.1) is 7.11 Å². The molecule has 0 aromatic heterocycles. The smallest absolute Gasteiger partial charge is 0.345 e. The number of amides is 2. The number of carbonyl (C=O) groups excluding carboxylic acids is 1. The van der Waals surface area contributed by atoms with Crippen LogP contribution in [0.2, 0.25) is 0 Å². The van der Waals surface area contributed by atoms with Crippen LogP contribution in [0, 0.1) is 25.7 Å². The van der Waals surface area contributed by atoms with Gasteiger partial charge in [0.2, 0.25) is 0 Å². The average molecular weight is 368 g/mol. The van der Waals surface area contributed by atoms with Crippen molar-refractivity contribution in [3.05, 3.63) is 53.6 Å². The van der Waals surface area contributed by atoms with Crippen molar-refractivity contribution in [2.75, 3.05) is 32.7 Å². The van der Waals surface area contributed by atoms with Gasteiger partial charge in [0.25, 0.3) is 0 Å². The van der Waals surface area contributed by atoms with Gasteiger partial charge in [-0.15, -0.1) is 0 Å². The SMILES string of the molecule is CON(C)C(=O)Nc1cccc(OCC#CCOc2ccc(C)c(C)c2)c1. The lowest BCUT2D eigenvalue weighted by molar-refractivity contribution is -0.0598. The molecule has 0 saturated heterocycles. The molecule has 0 bridgehead atoms. The highest BCUT2D eigenvalue weighted by molar-refractivity contribution is 5.88. The highest BCUT2D eigenvalue weighted by Gasteiger charge is 2.07. The van der Waals surface area contributed by atoms with E-state index in [0.717, 1.165) is 10.8 Å². The molecular weight excluding hydrogens is 344 g/mol. The molecular formula is C21H24N2O4. The molecule has 27 heavy (non-hydrogen) atoms. The predicted octanol–water partition coefficient (Wildman–Crippen LogP) is 3.79. The van der Waals surface area contributed by atoms with E-state index in [9.17, 15) is 4.79 Å². The van der Waals surface area contributed by atoms with Crippen LogP contribution in [0.1, 0.15) is 11.1 Å². The van der Waals surface area contributed by atoms with Gasteiger partial charge >= 0.3 is 6.03 Å². The molecule has 0 heterocycles. The summed E-state index contributed by atoms with van der Waals surface area (Å²) in [5.41, 5.74) is 3.02. The van der Waals surface area contributed by atoms with E-state index in [1.54, 1.807) is 24.3 Å². The maximum absolute atomic E-state index is 11.8. The monoisotopic (exact) mass is 368 g/mol. The minimum Gasteiger partial charge on any atom is -0.481 e. The third kappa shape index (κ3) is 6.57. The number of hydroxylamine groups is 2. The van der Waals surface area contributed by atoms with Gasteiger partial charge in [-0.25, -0.2) is 9.86 Å². The average Bonchev–Trinajstić information content (AvgIpc) is 2.66. The number of carbonyl (C=O) groups is 1. The molecule has 0 aliphatic carbocycles. The molecule has 1 N–H and O–H groups in total. The van der Waals surface area contributed by atoms with Gasteiger partial charge in [0.15, 0.2) is 0 Å². The van der Waals surface area contributed by atoms with E-state index >= 15 is 0 Å². The molecule has 2 amide bonds. The number of ether oxygens (including phenoxy) is 2. The van der Waals surface area contributed by atoms with Gasteiger partial charge in [0.1, 0.15) is 24.7 Å². The second-order valence-corrected chi connectivity index (χ2v) is 5.81. The van der Waals surface area contributed by atoms with E-state index in [4.69, 9.17) is 14.3 Å². The van der Waals surface area contributed by atoms with Crippen LogP contribution in [0.3, 0.4) is 0 Å². The quantitative estimate of drug-likeness (QED) is 0.623. The number of hydrogen-bond donors (Lipinski definition) is 1. The second-order valence-electron chi connectivity index (χ2n) is 5.81. The highest BCUT2D eigenvalue weighted by Crippen LogP contribution is 2.18. The Morgan fingerprint density at radius 2 is 1.67 bits per heavy atom. The van der Waals surface area contributed by atoms with E-state index in [-0.39, 0.29) is 12.6 Å². The van der Waals surface area contributed by atoms with Crippen LogP contribution in [-0.2, 0) is 4.84 Å². The molecule has 6 heteroatoms. The van der Waals surface area contributed by atoms with Crippen LogP contribution in [0.15, 0.2) is 42.5 Å². The van der Waals surface area contributed by atoms with E-state index in [1.807, 2.05) is 25.1 Å². The van der Waals surface area contributed by atoms with Crippen LogP contribution in [0.25, 0.3) is 0 Å². The van der Waals surface area contributed by atoms with Crippen molar-refractivity contribution in [1.82, 2.24) is 5.06 Å². The fourth-order valence-electron chi connectivity index (χ4n) is 2.09. The normalized spacial score (nSPS) is 9.78. The van der Waals surface area contributed by atoms with Gasteiger partial charge in [-0.05, 0) is 49.2 Å². The van der Waals surface area contributed by atoms with Crippen LogP contribution >= 0.6 is 0 Å². The molecule has 0 radical (unpaired) electrons. The molecule has 0 unspecified atom stereocenters. The summed E-state index contributed by atoms with van der Waals surface area (Å²) >= 11 is 0. The van der Waals surface area contributed by atoms with Gasteiger partial charge in [-0.1, -0.05) is 24.0 Å². The number of rotatable bonds is 6. The fraction of sp³-hybridized carbons (Fsp3) is 0.286. The zero-order valence-electron chi connectivity index (χ0n) is 16.0. The molecule has 0 saturated carbocycles. The van der Waals surface area contributed by atoms with Gasteiger partial charge in [-0.2, -0.15) is 0 Å². The molecule has 0 aliphatic heterocycles. The number of anilines is 1. The third-order valence-electron chi connectivity index (χ3n) is 3.87. The number of urea groups is 1. The zero-order valence-corrected chi connectivity index (χ0v) is 16.0. The van der Waals surface area contributed by atoms with Crippen LogP contribution < -0.4 is 14.8 Å². The van der Waals surface area contributed by atoms with E-state index in [2.05, 4.69) is 24.1 Å². The summed E-state index contributed by atoms with van der Waals surface area (Å²) in [4.78, 5) is 16.6. The largest absolute Gasteiger partial charge is 0.481 e. The Labute approximate surface area is 160 Å². The Bertz CT molecular complexity index is 840. The first kappa shape index (κ1) is 20.1. The molecule has 142 valence electrons. The van der Waals surface area contributed by atoms with Crippen molar-refractivity contribution in [2.24, 2.45) is 0 Å². The molecule has 0 atom stereocenters.